The van der Waals surface area contributed by atoms with Crippen molar-refractivity contribution in [3.05, 3.63) is 0 Å². The fourth-order valence-corrected chi connectivity index (χ4v) is 1.16. The first kappa shape index (κ1) is 6.59. The predicted octanol–water partition coefficient (Wildman–Crippen LogP) is 1.33. The summed E-state index contributed by atoms with van der Waals surface area (Å²) >= 11 is 0. The Labute approximate surface area is 56.4 Å². The van der Waals surface area contributed by atoms with Crippen molar-refractivity contribution in [2.45, 2.75) is 19.8 Å². The average molecular weight is 126 g/mol. The van der Waals surface area contributed by atoms with Gasteiger partial charge >= 0.3 is 0 Å². The third-order valence-electron chi connectivity index (χ3n) is 2.00. The lowest BCUT2D eigenvalue weighted by molar-refractivity contribution is 0.286. The minimum absolute atomic E-state index is 0.876. The van der Waals surface area contributed by atoms with Crippen LogP contribution in [-0.4, -0.2) is 24.3 Å². The summed E-state index contributed by atoms with van der Waals surface area (Å²) in [6.45, 7) is 4.45. The van der Waals surface area contributed by atoms with Gasteiger partial charge in [-0.1, -0.05) is 6.92 Å². The molecule has 0 aromatic heterocycles. The van der Waals surface area contributed by atoms with Crippen LogP contribution < -0.4 is 0 Å². The van der Waals surface area contributed by atoms with Crippen LogP contribution in [-0.2, 0) is 0 Å². The minimum atomic E-state index is 0.876. The molecule has 0 unspecified atom stereocenters. The quantitative estimate of drug-likeness (QED) is 0.416. The van der Waals surface area contributed by atoms with Gasteiger partial charge in [0, 0.05) is 13.1 Å². The summed E-state index contributed by atoms with van der Waals surface area (Å²) in [7, 11) is 0. The first-order valence-corrected chi connectivity index (χ1v) is 3.57. The van der Waals surface area contributed by atoms with Crippen LogP contribution in [0.2, 0.25) is 0 Å². The highest BCUT2D eigenvalue weighted by Gasteiger charge is 2.11. The summed E-state index contributed by atoms with van der Waals surface area (Å²) in [6.07, 6.45) is 3.97. The molecular weight excluding hydrogens is 112 g/mol. The van der Waals surface area contributed by atoms with Crippen molar-refractivity contribution in [2.24, 2.45) is 5.92 Å². The van der Waals surface area contributed by atoms with Gasteiger partial charge in [-0.25, -0.2) is 0 Å². The van der Waals surface area contributed by atoms with Gasteiger partial charge in [0.05, 0.1) is 6.34 Å². The Morgan fingerprint density at radius 3 is 2.44 bits per heavy atom. The van der Waals surface area contributed by atoms with Gasteiger partial charge in [-0.2, -0.15) is 0 Å². The van der Waals surface area contributed by atoms with E-state index in [1.54, 1.807) is 0 Å². The van der Waals surface area contributed by atoms with Crippen molar-refractivity contribution in [1.82, 2.24) is 4.90 Å². The van der Waals surface area contributed by atoms with E-state index in [-0.39, 0.29) is 0 Å². The Morgan fingerprint density at radius 1 is 1.44 bits per heavy atom. The van der Waals surface area contributed by atoms with Crippen LogP contribution in [0.3, 0.4) is 0 Å². The number of nitrogens with zero attached hydrogens (tertiary/aromatic N) is 1. The SMILES string of the molecule is CC1CCN(C=N)CC1. The zero-order valence-electron chi connectivity index (χ0n) is 5.93. The molecule has 1 heterocycles. The van der Waals surface area contributed by atoms with Crippen LogP contribution in [0.5, 0.6) is 0 Å². The second kappa shape index (κ2) is 2.85. The van der Waals surface area contributed by atoms with E-state index in [0.29, 0.717) is 0 Å². The van der Waals surface area contributed by atoms with Crippen molar-refractivity contribution < 1.29 is 0 Å². The third-order valence-corrected chi connectivity index (χ3v) is 2.00. The van der Waals surface area contributed by atoms with E-state index in [1.165, 1.54) is 19.2 Å². The van der Waals surface area contributed by atoms with Gasteiger partial charge in [-0.05, 0) is 18.8 Å². The van der Waals surface area contributed by atoms with Gasteiger partial charge in [0.1, 0.15) is 0 Å². The molecule has 9 heavy (non-hydrogen) atoms. The molecule has 0 saturated carbocycles. The minimum Gasteiger partial charge on any atom is -0.363 e. The van der Waals surface area contributed by atoms with Gasteiger partial charge in [-0.3, -0.25) is 5.41 Å². The van der Waals surface area contributed by atoms with E-state index in [2.05, 4.69) is 11.8 Å². The Balaban J connectivity index is 2.26. The summed E-state index contributed by atoms with van der Waals surface area (Å²) in [5.74, 6) is 0.876. The molecule has 0 aliphatic carbocycles. The van der Waals surface area contributed by atoms with Crippen molar-refractivity contribution in [3.8, 4) is 0 Å². The molecule has 1 rings (SSSR count). The topological polar surface area (TPSA) is 27.1 Å². The molecule has 0 aromatic rings. The maximum absolute atomic E-state index is 6.96. The number of rotatable bonds is 1. The molecule has 0 spiro atoms. The smallest absolute Gasteiger partial charge is 0.0817 e. The summed E-state index contributed by atoms with van der Waals surface area (Å²) < 4.78 is 0. The van der Waals surface area contributed by atoms with Gasteiger partial charge in [-0.15, -0.1) is 0 Å². The molecule has 1 aliphatic heterocycles. The predicted molar refractivity (Wildman–Crippen MR) is 38.8 cm³/mol. The van der Waals surface area contributed by atoms with E-state index in [0.717, 1.165) is 19.0 Å². The Morgan fingerprint density at radius 2 is 2.00 bits per heavy atom. The lowest BCUT2D eigenvalue weighted by Gasteiger charge is -2.27. The average Bonchev–Trinajstić information content (AvgIpc) is 1.90. The fraction of sp³-hybridized carbons (Fsp3) is 0.857. The lowest BCUT2D eigenvalue weighted by Crippen LogP contribution is -2.31. The van der Waals surface area contributed by atoms with Crippen LogP contribution in [0.4, 0.5) is 0 Å². The molecule has 0 atom stereocenters. The van der Waals surface area contributed by atoms with Crippen molar-refractivity contribution >= 4 is 6.34 Å². The van der Waals surface area contributed by atoms with Gasteiger partial charge < -0.3 is 4.90 Å². The second-order valence-corrected chi connectivity index (χ2v) is 2.85. The summed E-state index contributed by atoms with van der Waals surface area (Å²) in [6, 6.07) is 0. The van der Waals surface area contributed by atoms with E-state index < -0.39 is 0 Å². The highest BCUT2D eigenvalue weighted by Crippen LogP contribution is 2.13. The largest absolute Gasteiger partial charge is 0.363 e. The first-order valence-electron chi connectivity index (χ1n) is 3.57. The molecule has 1 N–H and O–H groups in total. The maximum atomic E-state index is 6.96. The number of hydrogen-bond acceptors (Lipinski definition) is 1. The molecule has 0 amide bonds. The third kappa shape index (κ3) is 1.70. The zero-order chi connectivity index (χ0) is 6.69. The number of piperidine rings is 1. The Hall–Kier alpha value is -0.530. The number of likely N-dealkylation sites (tertiary alicyclic amines) is 1. The Kier molecular flexibility index (Phi) is 2.09. The number of nitrogens with one attached hydrogen (secondary N) is 1. The van der Waals surface area contributed by atoms with Crippen LogP contribution in [0.1, 0.15) is 19.8 Å². The van der Waals surface area contributed by atoms with Crippen molar-refractivity contribution in [3.63, 3.8) is 0 Å². The molecule has 0 aromatic carbocycles. The van der Waals surface area contributed by atoms with Crippen LogP contribution in [0, 0.1) is 11.3 Å². The molecule has 0 radical (unpaired) electrons. The van der Waals surface area contributed by atoms with E-state index in [1.807, 2.05) is 0 Å². The molecule has 2 nitrogen and oxygen atoms in total. The first-order chi connectivity index (χ1) is 4.33. The highest BCUT2D eigenvalue weighted by molar-refractivity contribution is 5.50. The fourth-order valence-electron chi connectivity index (χ4n) is 1.16. The van der Waals surface area contributed by atoms with E-state index in [4.69, 9.17) is 5.41 Å². The van der Waals surface area contributed by atoms with Gasteiger partial charge in [0.15, 0.2) is 0 Å². The summed E-state index contributed by atoms with van der Waals surface area (Å²) in [5, 5.41) is 6.96. The Bertz CT molecular complexity index is 93.1. The van der Waals surface area contributed by atoms with Gasteiger partial charge in [0.2, 0.25) is 0 Å². The molecule has 0 bridgehead atoms. The standard InChI is InChI=1S/C7H14N2/c1-7-2-4-9(6-8)5-3-7/h6-8H,2-5H2,1H3. The lowest BCUT2D eigenvalue weighted by atomic mass is 10.00. The van der Waals surface area contributed by atoms with E-state index >= 15 is 0 Å². The normalized spacial score (nSPS) is 22.1. The maximum Gasteiger partial charge on any atom is 0.0817 e. The summed E-state index contributed by atoms with van der Waals surface area (Å²) in [5.41, 5.74) is 0. The molecule has 2 heteroatoms. The molecule has 1 saturated heterocycles. The van der Waals surface area contributed by atoms with E-state index in [9.17, 15) is 0 Å². The molecule has 52 valence electrons. The van der Waals surface area contributed by atoms with Crippen LogP contribution in [0.25, 0.3) is 0 Å². The van der Waals surface area contributed by atoms with Crippen LogP contribution >= 0.6 is 0 Å². The number of hydrogen-bond donors (Lipinski definition) is 1. The zero-order valence-corrected chi connectivity index (χ0v) is 5.93. The summed E-state index contributed by atoms with van der Waals surface area (Å²) in [4.78, 5) is 2.07. The molecule has 1 fully saturated rings. The van der Waals surface area contributed by atoms with Gasteiger partial charge in [0.25, 0.3) is 0 Å². The van der Waals surface area contributed by atoms with Crippen molar-refractivity contribution in [2.75, 3.05) is 13.1 Å². The van der Waals surface area contributed by atoms with Crippen molar-refractivity contribution in [1.29, 1.82) is 5.41 Å². The molecule has 1 aliphatic rings. The van der Waals surface area contributed by atoms with Crippen LogP contribution in [0.15, 0.2) is 0 Å². The highest BCUT2D eigenvalue weighted by atomic mass is 15.1. The monoisotopic (exact) mass is 126 g/mol. The molecular formula is C7H14N2. The second-order valence-electron chi connectivity index (χ2n) is 2.85.